The summed E-state index contributed by atoms with van der Waals surface area (Å²) in [7, 11) is 0. The molecular formula is C12H19NO2. The molecule has 0 bridgehead atoms. The highest BCUT2D eigenvalue weighted by molar-refractivity contribution is 5.44. The summed E-state index contributed by atoms with van der Waals surface area (Å²) >= 11 is 0. The van der Waals surface area contributed by atoms with Crippen LogP contribution < -0.4 is 5.73 Å². The molecule has 1 aromatic carbocycles. The molecule has 0 aliphatic carbocycles. The lowest BCUT2D eigenvalue weighted by Gasteiger charge is -2.30. The minimum Gasteiger partial charge on any atom is -0.507 e. The van der Waals surface area contributed by atoms with E-state index in [1.54, 1.807) is 18.2 Å². The fourth-order valence-corrected chi connectivity index (χ4v) is 1.46. The van der Waals surface area contributed by atoms with Gasteiger partial charge in [0.2, 0.25) is 0 Å². The zero-order chi connectivity index (χ0) is 11.6. The molecule has 0 aliphatic heterocycles. The van der Waals surface area contributed by atoms with Gasteiger partial charge in [-0.3, -0.25) is 0 Å². The summed E-state index contributed by atoms with van der Waals surface area (Å²) in [6.45, 7) is 5.72. The number of aliphatic hydroxyl groups is 1. The predicted molar refractivity (Wildman–Crippen MR) is 60.4 cm³/mol. The van der Waals surface area contributed by atoms with E-state index in [0.717, 1.165) is 0 Å². The van der Waals surface area contributed by atoms with E-state index in [-0.39, 0.29) is 18.3 Å². The maximum absolute atomic E-state index is 9.93. The van der Waals surface area contributed by atoms with Crippen LogP contribution in [0, 0.1) is 5.92 Å². The second kappa shape index (κ2) is 4.21. The third-order valence-corrected chi connectivity index (χ3v) is 3.07. The lowest BCUT2D eigenvalue weighted by Crippen LogP contribution is -2.38. The Bertz CT molecular complexity index is 345. The van der Waals surface area contributed by atoms with Gasteiger partial charge in [-0.1, -0.05) is 32.0 Å². The zero-order valence-corrected chi connectivity index (χ0v) is 9.49. The van der Waals surface area contributed by atoms with Gasteiger partial charge in [0.25, 0.3) is 0 Å². The first kappa shape index (κ1) is 12.0. The van der Waals surface area contributed by atoms with Crippen LogP contribution in [0.2, 0.25) is 0 Å². The number of aromatic hydroxyl groups is 1. The van der Waals surface area contributed by atoms with Crippen LogP contribution in [-0.2, 0) is 12.1 Å². The minimum atomic E-state index is -0.588. The summed E-state index contributed by atoms with van der Waals surface area (Å²) < 4.78 is 0. The van der Waals surface area contributed by atoms with Crippen molar-refractivity contribution in [3.8, 4) is 5.75 Å². The summed E-state index contributed by atoms with van der Waals surface area (Å²) in [5.41, 5.74) is 6.78. The van der Waals surface area contributed by atoms with Gasteiger partial charge in [0.1, 0.15) is 5.75 Å². The molecule has 0 aliphatic rings. The summed E-state index contributed by atoms with van der Waals surface area (Å²) in [5.74, 6) is 0.316. The van der Waals surface area contributed by atoms with Crippen molar-refractivity contribution < 1.29 is 10.2 Å². The van der Waals surface area contributed by atoms with E-state index in [2.05, 4.69) is 0 Å². The quantitative estimate of drug-likeness (QED) is 0.710. The summed E-state index contributed by atoms with van der Waals surface area (Å²) in [4.78, 5) is 0. The third kappa shape index (κ3) is 2.13. The van der Waals surface area contributed by atoms with E-state index < -0.39 is 5.54 Å². The fraction of sp³-hybridized carbons (Fsp3) is 0.500. The molecule has 15 heavy (non-hydrogen) atoms. The van der Waals surface area contributed by atoms with E-state index in [1.165, 1.54) is 0 Å². The second-order valence-electron chi connectivity index (χ2n) is 4.41. The van der Waals surface area contributed by atoms with E-state index in [0.29, 0.717) is 11.1 Å². The zero-order valence-electron chi connectivity index (χ0n) is 9.49. The van der Waals surface area contributed by atoms with Crippen LogP contribution in [0.5, 0.6) is 5.75 Å². The molecule has 0 heterocycles. The number of aliphatic hydroxyl groups excluding tert-OH is 1. The largest absolute Gasteiger partial charge is 0.507 e. The Morgan fingerprint density at radius 1 is 1.40 bits per heavy atom. The fourth-order valence-electron chi connectivity index (χ4n) is 1.46. The first-order valence-electron chi connectivity index (χ1n) is 5.12. The van der Waals surface area contributed by atoms with Gasteiger partial charge in [-0.05, 0) is 12.8 Å². The van der Waals surface area contributed by atoms with Crippen LogP contribution in [0.1, 0.15) is 31.9 Å². The standard InChI is InChI=1S/C12H19NO2/c1-8(2)12(3,13)10-6-4-5-9(7-14)11(10)15/h4-6,8,14-15H,7,13H2,1-3H3. The molecule has 1 aromatic rings. The highest BCUT2D eigenvalue weighted by Crippen LogP contribution is 2.34. The Morgan fingerprint density at radius 2 is 2.00 bits per heavy atom. The Hall–Kier alpha value is -1.06. The first-order chi connectivity index (χ1) is 6.91. The number of rotatable bonds is 3. The van der Waals surface area contributed by atoms with Crippen LogP contribution in [0.15, 0.2) is 18.2 Å². The number of phenols is 1. The number of para-hydroxylation sites is 1. The highest BCUT2D eigenvalue weighted by Gasteiger charge is 2.28. The smallest absolute Gasteiger partial charge is 0.126 e. The molecule has 3 heteroatoms. The van der Waals surface area contributed by atoms with E-state index >= 15 is 0 Å². The van der Waals surface area contributed by atoms with Crippen LogP contribution in [-0.4, -0.2) is 10.2 Å². The molecule has 0 aromatic heterocycles. The van der Waals surface area contributed by atoms with Crippen molar-refractivity contribution in [2.75, 3.05) is 0 Å². The first-order valence-corrected chi connectivity index (χ1v) is 5.12. The minimum absolute atomic E-state index is 0.110. The molecule has 84 valence electrons. The molecule has 1 rings (SSSR count). The van der Waals surface area contributed by atoms with Crippen molar-refractivity contribution in [2.45, 2.75) is 32.9 Å². The van der Waals surface area contributed by atoms with Crippen LogP contribution in [0.4, 0.5) is 0 Å². The molecule has 0 saturated heterocycles. The molecule has 0 spiro atoms. The van der Waals surface area contributed by atoms with E-state index in [1.807, 2.05) is 20.8 Å². The van der Waals surface area contributed by atoms with E-state index in [9.17, 15) is 5.11 Å². The van der Waals surface area contributed by atoms with Gasteiger partial charge >= 0.3 is 0 Å². The summed E-state index contributed by atoms with van der Waals surface area (Å²) in [6, 6.07) is 5.29. The molecule has 4 N–H and O–H groups in total. The summed E-state index contributed by atoms with van der Waals surface area (Å²) in [6.07, 6.45) is 0. The van der Waals surface area contributed by atoms with Crippen molar-refractivity contribution in [3.63, 3.8) is 0 Å². The van der Waals surface area contributed by atoms with Crippen LogP contribution in [0.25, 0.3) is 0 Å². The van der Waals surface area contributed by atoms with Gasteiger partial charge in [-0.2, -0.15) is 0 Å². The molecule has 1 unspecified atom stereocenters. The molecule has 0 radical (unpaired) electrons. The molecular weight excluding hydrogens is 190 g/mol. The van der Waals surface area contributed by atoms with Crippen molar-refractivity contribution in [2.24, 2.45) is 11.7 Å². The maximum Gasteiger partial charge on any atom is 0.126 e. The second-order valence-corrected chi connectivity index (χ2v) is 4.41. The van der Waals surface area contributed by atoms with Crippen molar-refractivity contribution in [1.29, 1.82) is 0 Å². The van der Waals surface area contributed by atoms with Gasteiger partial charge in [0, 0.05) is 16.7 Å². The van der Waals surface area contributed by atoms with Crippen LogP contribution >= 0.6 is 0 Å². The number of benzene rings is 1. The number of hydrogen-bond acceptors (Lipinski definition) is 3. The molecule has 0 fully saturated rings. The van der Waals surface area contributed by atoms with Gasteiger partial charge < -0.3 is 15.9 Å². The van der Waals surface area contributed by atoms with Crippen molar-refractivity contribution in [1.82, 2.24) is 0 Å². The monoisotopic (exact) mass is 209 g/mol. The lowest BCUT2D eigenvalue weighted by molar-refractivity contribution is 0.271. The predicted octanol–water partition coefficient (Wildman–Crippen LogP) is 1.71. The Balaban J connectivity index is 3.26. The van der Waals surface area contributed by atoms with Gasteiger partial charge in [-0.25, -0.2) is 0 Å². The molecule has 0 amide bonds. The average molecular weight is 209 g/mol. The highest BCUT2D eigenvalue weighted by atomic mass is 16.3. The maximum atomic E-state index is 9.93. The normalized spacial score (nSPS) is 15.3. The average Bonchev–Trinajstić information content (AvgIpc) is 2.17. The van der Waals surface area contributed by atoms with Gasteiger partial charge in [0.15, 0.2) is 0 Å². The van der Waals surface area contributed by atoms with Gasteiger partial charge in [-0.15, -0.1) is 0 Å². The summed E-state index contributed by atoms with van der Waals surface area (Å²) in [5, 5.41) is 19.0. The Kier molecular flexibility index (Phi) is 3.37. The topological polar surface area (TPSA) is 66.5 Å². The van der Waals surface area contributed by atoms with E-state index in [4.69, 9.17) is 10.8 Å². The SMILES string of the molecule is CC(C)C(C)(N)c1cccc(CO)c1O. The molecule has 0 saturated carbocycles. The Morgan fingerprint density at radius 3 is 2.47 bits per heavy atom. The lowest BCUT2D eigenvalue weighted by atomic mass is 9.81. The van der Waals surface area contributed by atoms with Crippen molar-refractivity contribution in [3.05, 3.63) is 29.3 Å². The molecule has 1 atom stereocenters. The number of hydrogen-bond donors (Lipinski definition) is 3. The van der Waals surface area contributed by atoms with Crippen LogP contribution in [0.3, 0.4) is 0 Å². The van der Waals surface area contributed by atoms with Gasteiger partial charge in [0.05, 0.1) is 6.61 Å². The number of nitrogens with two attached hydrogens (primary N) is 1. The Labute approximate surface area is 90.5 Å². The molecule has 3 nitrogen and oxygen atoms in total. The van der Waals surface area contributed by atoms with Crippen molar-refractivity contribution >= 4 is 0 Å². The third-order valence-electron chi connectivity index (χ3n) is 3.07.